The number of nitrogens with zero attached hydrogens (tertiary/aromatic N) is 6. The number of aryl methyl sites for hydroxylation is 2. The Morgan fingerprint density at radius 1 is 1.35 bits per heavy atom. The standard InChI is InChI=1S/C12H19N7S/c1-8(2)10-7-11(15-9(3)14-10)13-5-6-20-12-16-17-18-19(12)4/h7-8H,5-6H2,1-4H3,(H,13,14,15). The van der Waals surface area contributed by atoms with E-state index in [4.69, 9.17) is 0 Å². The lowest BCUT2D eigenvalue weighted by Gasteiger charge is -2.10. The van der Waals surface area contributed by atoms with Gasteiger partial charge in [-0.15, -0.1) is 5.10 Å². The van der Waals surface area contributed by atoms with Crippen LogP contribution >= 0.6 is 11.8 Å². The summed E-state index contributed by atoms with van der Waals surface area (Å²) in [6.07, 6.45) is 0. The highest BCUT2D eigenvalue weighted by molar-refractivity contribution is 7.99. The van der Waals surface area contributed by atoms with Gasteiger partial charge in [-0.2, -0.15) is 0 Å². The van der Waals surface area contributed by atoms with Crippen molar-refractivity contribution < 1.29 is 0 Å². The summed E-state index contributed by atoms with van der Waals surface area (Å²) in [7, 11) is 1.83. The van der Waals surface area contributed by atoms with Gasteiger partial charge in [0.25, 0.3) is 0 Å². The number of anilines is 1. The first-order valence-corrected chi connectivity index (χ1v) is 7.49. The Morgan fingerprint density at radius 3 is 2.80 bits per heavy atom. The highest BCUT2D eigenvalue weighted by Gasteiger charge is 2.06. The Morgan fingerprint density at radius 2 is 2.15 bits per heavy atom. The van der Waals surface area contributed by atoms with Gasteiger partial charge >= 0.3 is 0 Å². The molecule has 0 unspecified atom stereocenters. The Bertz CT molecular complexity index is 567. The van der Waals surface area contributed by atoms with Crippen LogP contribution in [0, 0.1) is 6.92 Å². The second kappa shape index (κ2) is 6.65. The number of thioether (sulfide) groups is 1. The van der Waals surface area contributed by atoms with E-state index < -0.39 is 0 Å². The topological polar surface area (TPSA) is 81.4 Å². The van der Waals surface area contributed by atoms with Crippen LogP contribution in [-0.2, 0) is 7.05 Å². The van der Waals surface area contributed by atoms with Gasteiger partial charge in [0.15, 0.2) is 0 Å². The molecule has 0 bridgehead atoms. The van der Waals surface area contributed by atoms with Gasteiger partial charge in [0.1, 0.15) is 11.6 Å². The number of rotatable bonds is 6. The Balaban J connectivity index is 1.86. The maximum Gasteiger partial charge on any atom is 0.209 e. The molecule has 2 aromatic heterocycles. The molecule has 0 aromatic carbocycles. The van der Waals surface area contributed by atoms with Gasteiger partial charge in [-0.05, 0) is 23.3 Å². The van der Waals surface area contributed by atoms with Crippen molar-refractivity contribution >= 4 is 17.6 Å². The van der Waals surface area contributed by atoms with Crippen LogP contribution in [0.1, 0.15) is 31.3 Å². The molecule has 108 valence electrons. The lowest BCUT2D eigenvalue weighted by molar-refractivity contribution is 0.664. The molecule has 2 aromatic rings. The number of aromatic nitrogens is 6. The number of nitrogens with one attached hydrogen (secondary N) is 1. The van der Waals surface area contributed by atoms with Crippen LogP contribution in [0.2, 0.25) is 0 Å². The van der Waals surface area contributed by atoms with Crippen LogP contribution in [0.4, 0.5) is 5.82 Å². The molecular weight excluding hydrogens is 274 g/mol. The fourth-order valence-corrected chi connectivity index (χ4v) is 2.35. The average Bonchev–Trinajstić information content (AvgIpc) is 2.80. The maximum atomic E-state index is 4.43. The summed E-state index contributed by atoms with van der Waals surface area (Å²) < 4.78 is 1.66. The molecule has 0 radical (unpaired) electrons. The summed E-state index contributed by atoms with van der Waals surface area (Å²) in [6.45, 7) is 6.97. The van der Waals surface area contributed by atoms with E-state index >= 15 is 0 Å². The second-order valence-electron chi connectivity index (χ2n) is 4.74. The molecule has 0 aliphatic heterocycles. The molecule has 0 saturated carbocycles. The summed E-state index contributed by atoms with van der Waals surface area (Å²) >= 11 is 1.61. The number of tetrazole rings is 1. The maximum absolute atomic E-state index is 4.43. The van der Waals surface area contributed by atoms with Gasteiger partial charge in [0, 0.05) is 31.1 Å². The SMILES string of the molecule is Cc1nc(NCCSc2nnnn2C)cc(C(C)C)n1. The normalized spacial score (nSPS) is 11.1. The van der Waals surface area contributed by atoms with E-state index in [1.165, 1.54) is 0 Å². The van der Waals surface area contributed by atoms with Crippen molar-refractivity contribution in [1.29, 1.82) is 0 Å². The fraction of sp³-hybridized carbons (Fsp3) is 0.583. The van der Waals surface area contributed by atoms with E-state index in [2.05, 4.69) is 44.7 Å². The van der Waals surface area contributed by atoms with Crippen LogP contribution in [0.25, 0.3) is 0 Å². The minimum Gasteiger partial charge on any atom is -0.369 e. The van der Waals surface area contributed by atoms with Gasteiger partial charge in [-0.1, -0.05) is 25.6 Å². The van der Waals surface area contributed by atoms with Crippen LogP contribution in [0.15, 0.2) is 11.2 Å². The van der Waals surface area contributed by atoms with Crippen molar-refractivity contribution in [3.8, 4) is 0 Å². The van der Waals surface area contributed by atoms with Crippen molar-refractivity contribution in [2.45, 2.75) is 31.8 Å². The first-order chi connectivity index (χ1) is 9.56. The smallest absolute Gasteiger partial charge is 0.209 e. The quantitative estimate of drug-likeness (QED) is 0.640. The van der Waals surface area contributed by atoms with Gasteiger partial charge in [-0.3, -0.25) is 0 Å². The zero-order valence-corrected chi connectivity index (χ0v) is 13.0. The van der Waals surface area contributed by atoms with Crippen LogP contribution < -0.4 is 5.32 Å². The third kappa shape index (κ3) is 3.89. The highest BCUT2D eigenvalue weighted by atomic mass is 32.2. The van der Waals surface area contributed by atoms with E-state index in [0.717, 1.165) is 34.8 Å². The molecule has 20 heavy (non-hydrogen) atoms. The lowest BCUT2D eigenvalue weighted by atomic mass is 10.1. The molecule has 7 nitrogen and oxygen atoms in total. The van der Waals surface area contributed by atoms with E-state index in [-0.39, 0.29) is 0 Å². The predicted molar refractivity (Wildman–Crippen MR) is 78.9 cm³/mol. The van der Waals surface area contributed by atoms with E-state index in [9.17, 15) is 0 Å². The Kier molecular flexibility index (Phi) is 4.89. The summed E-state index contributed by atoms with van der Waals surface area (Å²) in [5, 5.41) is 15.4. The molecule has 0 saturated heterocycles. The second-order valence-corrected chi connectivity index (χ2v) is 5.80. The summed E-state index contributed by atoms with van der Waals surface area (Å²) in [5.74, 6) is 2.94. The highest BCUT2D eigenvalue weighted by Crippen LogP contribution is 2.16. The molecule has 2 heterocycles. The number of hydrogen-bond acceptors (Lipinski definition) is 7. The van der Waals surface area contributed by atoms with Gasteiger partial charge in [0.2, 0.25) is 5.16 Å². The molecule has 0 aliphatic carbocycles. The minimum atomic E-state index is 0.399. The third-order valence-electron chi connectivity index (χ3n) is 2.67. The zero-order chi connectivity index (χ0) is 14.5. The van der Waals surface area contributed by atoms with E-state index in [1.807, 2.05) is 20.0 Å². The van der Waals surface area contributed by atoms with Crippen molar-refractivity contribution in [3.63, 3.8) is 0 Å². The molecule has 2 rings (SSSR count). The van der Waals surface area contributed by atoms with Gasteiger partial charge in [-0.25, -0.2) is 14.6 Å². The molecule has 1 N–H and O–H groups in total. The predicted octanol–water partition coefficient (Wildman–Crippen LogP) is 1.64. The Labute approximate surface area is 122 Å². The van der Waals surface area contributed by atoms with Crippen LogP contribution in [0.3, 0.4) is 0 Å². The Hall–Kier alpha value is -1.70. The first-order valence-electron chi connectivity index (χ1n) is 6.51. The van der Waals surface area contributed by atoms with Crippen LogP contribution in [-0.4, -0.2) is 42.5 Å². The van der Waals surface area contributed by atoms with E-state index in [0.29, 0.717) is 5.92 Å². The first kappa shape index (κ1) is 14.7. The van der Waals surface area contributed by atoms with Crippen molar-refractivity contribution in [1.82, 2.24) is 30.2 Å². The molecule has 0 amide bonds. The van der Waals surface area contributed by atoms with Gasteiger partial charge in [0.05, 0.1) is 0 Å². The number of hydrogen-bond donors (Lipinski definition) is 1. The molecule has 0 spiro atoms. The summed E-state index contributed by atoms with van der Waals surface area (Å²) in [5.41, 5.74) is 1.06. The lowest BCUT2D eigenvalue weighted by Crippen LogP contribution is -2.09. The minimum absolute atomic E-state index is 0.399. The molecule has 8 heteroatoms. The summed E-state index contributed by atoms with van der Waals surface area (Å²) in [4.78, 5) is 8.82. The monoisotopic (exact) mass is 293 g/mol. The van der Waals surface area contributed by atoms with Crippen molar-refractivity contribution in [2.24, 2.45) is 7.05 Å². The average molecular weight is 293 g/mol. The summed E-state index contributed by atoms with van der Waals surface area (Å²) in [6, 6.07) is 2.01. The largest absolute Gasteiger partial charge is 0.369 e. The third-order valence-corrected chi connectivity index (χ3v) is 3.68. The molecule has 0 atom stereocenters. The van der Waals surface area contributed by atoms with Crippen LogP contribution in [0.5, 0.6) is 0 Å². The zero-order valence-electron chi connectivity index (χ0n) is 12.2. The molecule has 0 fully saturated rings. The van der Waals surface area contributed by atoms with Gasteiger partial charge < -0.3 is 5.32 Å². The molecular formula is C12H19N7S. The fourth-order valence-electron chi connectivity index (χ4n) is 1.64. The van der Waals surface area contributed by atoms with Crippen molar-refractivity contribution in [3.05, 3.63) is 17.6 Å². The van der Waals surface area contributed by atoms with E-state index in [1.54, 1.807) is 16.4 Å². The van der Waals surface area contributed by atoms with Crippen molar-refractivity contribution in [2.75, 3.05) is 17.6 Å². The molecule has 0 aliphatic rings.